The Hall–Kier alpha value is -2.40. The molecule has 0 bridgehead atoms. The van der Waals surface area contributed by atoms with Gasteiger partial charge in [-0.05, 0) is 16.7 Å². The summed E-state index contributed by atoms with van der Waals surface area (Å²) in [5, 5.41) is 7.62. The highest BCUT2D eigenvalue weighted by molar-refractivity contribution is 5.56. The van der Waals surface area contributed by atoms with E-state index in [0.717, 1.165) is 30.9 Å². The lowest BCUT2D eigenvalue weighted by Gasteiger charge is -2.08. The summed E-state index contributed by atoms with van der Waals surface area (Å²) in [7, 11) is 1.93. The molecule has 1 aliphatic rings. The predicted molar refractivity (Wildman–Crippen MR) is 80.5 cm³/mol. The van der Waals surface area contributed by atoms with Crippen LogP contribution in [0.15, 0.2) is 43.1 Å². The Kier molecular flexibility index (Phi) is 2.86. The van der Waals surface area contributed by atoms with Crippen LogP contribution in [-0.2, 0) is 26.7 Å². The summed E-state index contributed by atoms with van der Waals surface area (Å²) >= 11 is 0. The molecule has 0 fully saturated rings. The van der Waals surface area contributed by atoms with Gasteiger partial charge in [0.2, 0.25) is 0 Å². The van der Waals surface area contributed by atoms with E-state index in [2.05, 4.69) is 38.2 Å². The van der Waals surface area contributed by atoms with Crippen LogP contribution >= 0.6 is 0 Å². The number of rotatable bonds is 3. The van der Waals surface area contributed by atoms with Crippen molar-refractivity contribution < 1.29 is 0 Å². The van der Waals surface area contributed by atoms with Crippen molar-refractivity contribution in [1.29, 1.82) is 0 Å². The Balaban J connectivity index is 1.65. The van der Waals surface area contributed by atoms with Gasteiger partial charge in [0.15, 0.2) is 0 Å². The zero-order chi connectivity index (χ0) is 14.2. The zero-order valence-electron chi connectivity index (χ0n) is 12.0. The first kappa shape index (κ1) is 12.3. The van der Waals surface area contributed by atoms with Crippen LogP contribution in [-0.4, -0.2) is 19.3 Å². The molecule has 3 heterocycles. The second kappa shape index (κ2) is 4.86. The summed E-state index contributed by atoms with van der Waals surface area (Å²) < 4.78 is 3.98. The number of fused-ring (bicyclic) bond motifs is 1. The van der Waals surface area contributed by atoms with Gasteiger partial charge in [-0.2, -0.15) is 5.10 Å². The van der Waals surface area contributed by atoms with E-state index in [1.54, 1.807) is 0 Å². The lowest BCUT2D eigenvalue weighted by molar-refractivity contribution is 0.763. The fourth-order valence-corrected chi connectivity index (χ4v) is 2.88. The van der Waals surface area contributed by atoms with Crippen molar-refractivity contribution in [3.63, 3.8) is 0 Å². The minimum absolute atomic E-state index is 0.831. The van der Waals surface area contributed by atoms with E-state index in [0.29, 0.717) is 0 Å². The number of nitrogens with zero attached hydrogens (tertiary/aromatic N) is 4. The Morgan fingerprint density at radius 3 is 2.95 bits per heavy atom. The van der Waals surface area contributed by atoms with E-state index in [-0.39, 0.29) is 0 Å². The smallest absolute Gasteiger partial charge is 0.0954 e. The molecule has 1 N–H and O–H groups in total. The lowest BCUT2D eigenvalue weighted by atomic mass is 10.1. The molecule has 1 aromatic carbocycles. The average molecular weight is 279 g/mol. The number of aryl methyl sites for hydroxylation is 1. The van der Waals surface area contributed by atoms with Gasteiger partial charge in [0, 0.05) is 38.4 Å². The molecule has 0 atom stereocenters. The summed E-state index contributed by atoms with van der Waals surface area (Å²) in [5.41, 5.74) is 6.33. The number of hydrogen-bond acceptors (Lipinski definition) is 3. The van der Waals surface area contributed by atoms with Crippen LogP contribution in [0.25, 0.3) is 11.3 Å². The van der Waals surface area contributed by atoms with E-state index >= 15 is 0 Å². The van der Waals surface area contributed by atoms with E-state index in [4.69, 9.17) is 0 Å². The van der Waals surface area contributed by atoms with Crippen LogP contribution in [0.3, 0.4) is 0 Å². The zero-order valence-corrected chi connectivity index (χ0v) is 12.0. The van der Waals surface area contributed by atoms with E-state index in [1.165, 1.54) is 16.7 Å². The van der Waals surface area contributed by atoms with Crippen LogP contribution in [0.5, 0.6) is 0 Å². The second-order valence-electron chi connectivity index (χ2n) is 5.52. The van der Waals surface area contributed by atoms with Crippen molar-refractivity contribution in [3.8, 4) is 11.3 Å². The molecule has 4 rings (SSSR count). The molecule has 0 unspecified atom stereocenters. The molecule has 106 valence electrons. The molecule has 0 spiro atoms. The molecule has 3 aromatic rings. The molecule has 2 aromatic heterocycles. The molecule has 0 aliphatic carbocycles. The van der Waals surface area contributed by atoms with Crippen molar-refractivity contribution in [2.45, 2.75) is 19.6 Å². The summed E-state index contributed by atoms with van der Waals surface area (Å²) in [6.45, 7) is 2.79. The monoisotopic (exact) mass is 279 g/mol. The van der Waals surface area contributed by atoms with Crippen LogP contribution in [0.1, 0.15) is 16.7 Å². The highest BCUT2D eigenvalue weighted by atomic mass is 15.2. The maximum atomic E-state index is 4.29. The van der Waals surface area contributed by atoms with Crippen molar-refractivity contribution in [2.75, 3.05) is 0 Å². The van der Waals surface area contributed by atoms with Gasteiger partial charge in [-0.1, -0.05) is 18.2 Å². The van der Waals surface area contributed by atoms with Gasteiger partial charge in [0.25, 0.3) is 0 Å². The molecule has 0 radical (unpaired) electrons. The third-order valence-corrected chi connectivity index (χ3v) is 3.97. The summed E-state index contributed by atoms with van der Waals surface area (Å²) in [4.78, 5) is 4.29. The fraction of sp³-hybridized carbons (Fsp3) is 0.250. The van der Waals surface area contributed by atoms with Gasteiger partial charge in [-0.3, -0.25) is 4.68 Å². The average Bonchev–Trinajstić information content (AvgIpc) is 3.18. The predicted octanol–water partition coefficient (Wildman–Crippen LogP) is 1.94. The fourth-order valence-electron chi connectivity index (χ4n) is 2.88. The Morgan fingerprint density at radius 2 is 2.10 bits per heavy atom. The first-order valence-corrected chi connectivity index (χ1v) is 7.10. The van der Waals surface area contributed by atoms with Crippen LogP contribution < -0.4 is 5.32 Å². The maximum absolute atomic E-state index is 4.29. The topological polar surface area (TPSA) is 47.7 Å². The normalized spacial score (nSPS) is 13.6. The largest absolute Gasteiger partial charge is 0.326 e. The summed E-state index contributed by atoms with van der Waals surface area (Å²) in [6.07, 6.45) is 7.67. The highest BCUT2D eigenvalue weighted by Gasteiger charge is 2.12. The standard InChI is InChI=1S/C16H17N5/c1-20-10-15(7-19-20)16-8-18-11-21(16)9-12-2-3-13-5-17-6-14(13)4-12/h2-4,7-8,10-11,17H,5-6,9H2,1H3. The van der Waals surface area contributed by atoms with Crippen molar-refractivity contribution >= 4 is 0 Å². The number of benzene rings is 1. The minimum atomic E-state index is 0.831. The van der Waals surface area contributed by atoms with Gasteiger partial charge >= 0.3 is 0 Å². The molecule has 21 heavy (non-hydrogen) atoms. The molecule has 5 nitrogen and oxygen atoms in total. The number of aromatic nitrogens is 4. The van der Waals surface area contributed by atoms with E-state index < -0.39 is 0 Å². The number of nitrogens with one attached hydrogen (secondary N) is 1. The van der Waals surface area contributed by atoms with Crippen molar-refractivity contribution in [2.24, 2.45) is 7.05 Å². The van der Waals surface area contributed by atoms with E-state index in [1.807, 2.05) is 36.6 Å². The van der Waals surface area contributed by atoms with Gasteiger partial charge < -0.3 is 9.88 Å². The van der Waals surface area contributed by atoms with Crippen LogP contribution in [0, 0.1) is 0 Å². The van der Waals surface area contributed by atoms with Crippen molar-refractivity contribution in [3.05, 3.63) is 59.8 Å². The Labute approximate surface area is 123 Å². The quantitative estimate of drug-likeness (QED) is 0.797. The first-order chi connectivity index (χ1) is 10.3. The third kappa shape index (κ3) is 2.25. The van der Waals surface area contributed by atoms with Crippen LogP contribution in [0.2, 0.25) is 0 Å². The number of hydrogen-bond donors (Lipinski definition) is 1. The number of imidazole rings is 1. The van der Waals surface area contributed by atoms with E-state index in [9.17, 15) is 0 Å². The molecular formula is C16H17N5. The SMILES string of the molecule is Cn1cc(-c2cncn2Cc2ccc3c(c2)CNC3)cn1. The molecule has 0 saturated heterocycles. The minimum Gasteiger partial charge on any atom is -0.326 e. The second-order valence-corrected chi connectivity index (χ2v) is 5.52. The molecule has 5 heteroatoms. The third-order valence-electron chi connectivity index (χ3n) is 3.97. The molecule has 1 aliphatic heterocycles. The van der Waals surface area contributed by atoms with Gasteiger partial charge in [0.1, 0.15) is 0 Å². The van der Waals surface area contributed by atoms with Gasteiger partial charge in [-0.15, -0.1) is 0 Å². The Morgan fingerprint density at radius 1 is 1.19 bits per heavy atom. The maximum Gasteiger partial charge on any atom is 0.0954 e. The summed E-state index contributed by atoms with van der Waals surface area (Å²) in [6, 6.07) is 6.73. The molecule has 0 amide bonds. The van der Waals surface area contributed by atoms with Gasteiger partial charge in [0.05, 0.1) is 24.4 Å². The first-order valence-electron chi connectivity index (χ1n) is 7.10. The molecule has 0 saturated carbocycles. The van der Waals surface area contributed by atoms with Gasteiger partial charge in [-0.25, -0.2) is 4.98 Å². The Bertz CT molecular complexity index is 784. The lowest BCUT2D eigenvalue weighted by Crippen LogP contribution is -2.01. The molecular weight excluding hydrogens is 262 g/mol. The summed E-state index contributed by atoms with van der Waals surface area (Å²) in [5.74, 6) is 0. The highest BCUT2D eigenvalue weighted by Crippen LogP contribution is 2.21. The van der Waals surface area contributed by atoms with Crippen molar-refractivity contribution in [1.82, 2.24) is 24.6 Å². The van der Waals surface area contributed by atoms with Crippen LogP contribution in [0.4, 0.5) is 0 Å².